The van der Waals surface area contributed by atoms with Crippen molar-refractivity contribution in [2.24, 2.45) is 5.10 Å². The summed E-state index contributed by atoms with van der Waals surface area (Å²) in [5, 5.41) is 14.5. The second kappa shape index (κ2) is 6.38. The molecule has 7 nitrogen and oxygen atoms in total. The molecule has 21 heavy (non-hydrogen) atoms. The van der Waals surface area contributed by atoms with Gasteiger partial charge >= 0.3 is 0 Å². The van der Waals surface area contributed by atoms with Gasteiger partial charge in [-0.05, 0) is 36.8 Å². The summed E-state index contributed by atoms with van der Waals surface area (Å²) in [5.74, 6) is -0.371. The molecule has 0 saturated carbocycles. The predicted molar refractivity (Wildman–Crippen MR) is 77.0 cm³/mol. The van der Waals surface area contributed by atoms with Crippen molar-refractivity contribution in [2.75, 3.05) is 0 Å². The van der Waals surface area contributed by atoms with Crippen molar-refractivity contribution in [3.05, 3.63) is 70.0 Å². The number of benzene rings is 1. The largest absolute Gasteiger partial charge is 0.272 e. The average Bonchev–Trinajstić information content (AvgIpc) is 2.53. The van der Waals surface area contributed by atoms with Crippen LogP contribution in [0.2, 0.25) is 0 Å². The molecule has 1 N–H and O–H groups in total. The third-order valence-electron chi connectivity index (χ3n) is 2.74. The van der Waals surface area contributed by atoms with Crippen molar-refractivity contribution in [3.63, 3.8) is 0 Å². The zero-order chi connectivity index (χ0) is 15.2. The lowest BCUT2D eigenvalue weighted by Gasteiger charge is -2.02. The Morgan fingerprint density at radius 1 is 1.24 bits per heavy atom. The Balaban J connectivity index is 2.07. The summed E-state index contributed by atoms with van der Waals surface area (Å²) in [6, 6.07) is 9.20. The number of hydrogen-bond donors (Lipinski definition) is 1. The molecule has 0 unspecified atom stereocenters. The number of carbonyl (C=O) groups excluding carboxylic acids is 1. The first kappa shape index (κ1) is 14.3. The van der Waals surface area contributed by atoms with E-state index in [0.29, 0.717) is 16.8 Å². The highest BCUT2D eigenvalue weighted by molar-refractivity contribution is 6.00. The van der Waals surface area contributed by atoms with Crippen LogP contribution in [-0.4, -0.2) is 21.5 Å². The van der Waals surface area contributed by atoms with Gasteiger partial charge in [0.15, 0.2) is 0 Å². The maximum absolute atomic E-state index is 11.8. The van der Waals surface area contributed by atoms with Crippen molar-refractivity contribution in [2.45, 2.75) is 6.92 Å². The molecule has 1 aromatic heterocycles. The topological polar surface area (TPSA) is 97.5 Å². The van der Waals surface area contributed by atoms with E-state index in [0.717, 1.165) is 0 Å². The number of nitro groups is 1. The van der Waals surface area contributed by atoms with Crippen LogP contribution in [0.15, 0.2) is 53.9 Å². The summed E-state index contributed by atoms with van der Waals surface area (Å²) in [6.45, 7) is 1.70. The second-order valence-electron chi connectivity index (χ2n) is 4.18. The minimum absolute atomic E-state index is 0.00551. The minimum Gasteiger partial charge on any atom is -0.267 e. The highest BCUT2D eigenvalue weighted by atomic mass is 16.6. The number of rotatable bonds is 4. The van der Waals surface area contributed by atoms with Crippen LogP contribution >= 0.6 is 0 Å². The quantitative estimate of drug-likeness (QED) is 0.528. The van der Waals surface area contributed by atoms with Crippen molar-refractivity contribution < 1.29 is 9.72 Å². The van der Waals surface area contributed by atoms with Gasteiger partial charge in [0, 0.05) is 24.5 Å². The number of hydrazone groups is 1. The smallest absolute Gasteiger partial charge is 0.267 e. The molecular weight excluding hydrogens is 272 g/mol. The van der Waals surface area contributed by atoms with E-state index in [-0.39, 0.29) is 11.6 Å². The number of aromatic nitrogens is 1. The van der Waals surface area contributed by atoms with Crippen LogP contribution in [0.3, 0.4) is 0 Å². The van der Waals surface area contributed by atoms with Crippen LogP contribution in [0.25, 0.3) is 0 Å². The zero-order valence-corrected chi connectivity index (χ0v) is 11.2. The molecule has 7 heteroatoms. The fourth-order valence-electron chi connectivity index (χ4n) is 1.59. The highest BCUT2D eigenvalue weighted by Crippen LogP contribution is 2.12. The summed E-state index contributed by atoms with van der Waals surface area (Å²) in [7, 11) is 0. The van der Waals surface area contributed by atoms with Gasteiger partial charge in [-0.2, -0.15) is 5.10 Å². The minimum atomic E-state index is -0.472. The molecule has 2 aromatic rings. The van der Waals surface area contributed by atoms with E-state index < -0.39 is 4.92 Å². The maximum Gasteiger partial charge on any atom is 0.272 e. The van der Waals surface area contributed by atoms with E-state index in [1.165, 1.54) is 18.3 Å². The molecule has 0 bridgehead atoms. The molecule has 2 rings (SSSR count). The predicted octanol–water partition coefficient (Wildman–Crippen LogP) is 2.14. The Hall–Kier alpha value is -3.09. The van der Waals surface area contributed by atoms with E-state index in [4.69, 9.17) is 0 Å². The van der Waals surface area contributed by atoms with Crippen molar-refractivity contribution in [3.8, 4) is 0 Å². The molecule has 106 valence electrons. The van der Waals surface area contributed by atoms with Gasteiger partial charge in [0.25, 0.3) is 11.6 Å². The van der Waals surface area contributed by atoms with E-state index >= 15 is 0 Å². The van der Waals surface area contributed by atoms with Gasteiger partial charge in [-0.3, -0.25) is 19.9 Å². The Bertz CT molecular complexity index is 681. The summed E-state index contributed by atoms with van der Waals surface area (Å²) < 4.78 is 0. The molecule has 1 amide bonds. The molecule has 0 aliphatic heterocycles. The fraction of sp³-hybridized carbons (Fsp3) is 0.0714. The first-order valence-corrected chi connectivity index (χ1v) is 6.07. The first-order valence-electron chi connectivity index (χ1n) is 6.07. The number of nitro benzene ring substituents is 1. The number of pyridine rings is 1. The molecule has 0 aliphatic rings. The molecule has 0 spiro atoms. The highest BCUT2D eigenvalue weighted by Gasteiger charge is 2.07. The molecule has 1 aromatic carbocycles. The summed E-state index contributed by atoms with van der Waals surface area (Å²) in [5.41, 5.74) is 4.05. The van der Waals surface area contributed by atoms with Crippen molar-refractivity contribution >= 4 is 17.3 Å². The molecule has 0 aliphatic carbocycles. The molecule has 0 saturated heterocycles. The third kappa shape index (κ3) is 3.69. The lowest BCUT2D eigenvalue weighted by Crippen LogP contribution is -2.19. The summed E-state index contributed by atoms with van der Waals surface area (Å²) >= 11 is 0. The Kier molecular flexibility index (Phi) is 4.35. The van der Waals surface area contributed by atoms with Crippen LogP contribution in [0, 0.1) is 10.1 Å². The molecule has 0 atom stereocenters. The number of non-ortho nitro benzene ring substituents is 1. The van der Waals surface area contributed by atoms with Crippen LogP contribution < -0.4 is 5.43 Å². The van der Waals surface area contributed by atoms with Gasteiger partial charge in [-0.15, -0.1) is 0 Å². The van der Waals surface area contributed by atoms with Gasteiger partial charge < -0.3 is 0 Å². The Morgan fingerprint density at radius 2 is 1.95 bits per heavy atom. The van der Waals surface area contributed by atoms with Gasteiger partial charge in [-0.1, -0.05) is 0 Å². The van der Waals surface area contributed by atoms with Gasteiger partial charge in [0.2, 0.25) is 0 Å². The zero-order valence-electron chi connectivity index (χ0n) is 11.2. The van der Waals surface area contributed by atoms with Crippen LogP contribution in [-0.2, 0) is 0 Å². The average molecular weight is 284 g/mol. The number of hydrogen-bond acceptors (Lipinski definition) is 5. The van der Waals surface area contributed by atoms with Crippen LogP contribution in [0.4, 0.5) is 5.69 Å². The van der Waals surface area contributed by atoms with E-state index in [1.807, 2.05) is 0 Å². The second-order valence-corrected chi connectivity index (χ2v) is 4.18. The molecular formula is C14H12N4O3. The number of amides is 1. The fourth-order valence-corrected chi connectivity index (χ4v) is 1.59. The molecule has 1 heterocycles. The number of nitrogens with one attached hydrogen (secondary N) is 1. The van der Waals surface area contributed by atoms with Gasteiger partial charge in [0.1, 0.15) is 0 Å². The standard InChI is InChI=1S/C14H12N4O3/c1-10(11-4-6-13(7-5-11)18(20)21)16-17-14(19)12-3-2-8-15-9-12/h2-9H,1H3,(H,17,19)/b16-10+. The normalized spacial score (nSPS) is 11.0. The van der Waals surface area contributed by atoms with E-state index in [9.17, 15) is 14.9 Å². The SMILES string of the molecule is C/C(=N\NC(=O)c1cccnc1)c1ccc([N+](=O)[O-])cc1. The third-order valence-corrected chi connectivity index (χ3v) is 2.74. The maximum atomic E-state index is 11.8. The van der Waals surface area contributed by atoms with Gasteiger partial charge in [0.05, 0.1) is 16.2 Å². The van der Waals surface area contributed by atoms with Gasteiger partial charge in [-0.25, -0.2) is 5.43 Å². The lowest BCUT2D eigenvalue weighted by atomic mass is 10.1. The number of carbonyl (C=O) groups is 1. The first-order chi connectivity index (χ1) is 10.1. The van der Waals surface area contributed by atoms with E-state index in [2.05, 4.69) is 15.5 Å². The van der Waals surface area contributed by atoms with Crippen molar-refractivity contribution in [1.82, 2.24) is 10.4 Å². The van der Waals surface area contributed by atoms with Crippen molar-refractivity contribution in [1.29, 1.82) is 0 Å². The number of nitrogens with zero attached hydrogens (tertiary/aromatic N) is 3. The monoisotopic (exact) mass is 284 g/mol. The lowest BCUT2D eigenvalue weighted by molar-refractivity contribution is -0.384. The van der Waals surface area contributed by atoms with E-state index in [1.54, 1.807) is 37.4 Å². The molecule has 0 fully saturated rings. The summed E-state index contributed by atoms with van der Waals surface area (Å²) in [4.78, 5) is 25.7. The van der Waals surface area contributed by atoms with Crippen LogP contribution in [0.1, 0.15) is 22.8 Å². The Morgan fingerprint density at radius 3 is 2.52 bits per heavy atom. The Labute approximate surface area is 120 Å². The van der Waals surface area contributed by atoms with Crippen LogP contribution in [0.5, 0.6) is 0 Å². The summed E-state index contributed by atoms with van der Waals surface area (Å²) in [6.07, 6.45) is 3.01. The molecule has 0 radical (unpaired) electrons.